The molecule has 0 aliphatic carbocycles. The van der Waals surface area contributed by atoms with Crippen LogP contribution in [-0.2, 0) is 14.3 Å². The molecular weight excluding hydrogens is 342 g/mol. The van der Waals surface area contributed by atoms with Crippen LogP contribution in [0.1, 0.15) is 43.5 Å². The van der Waals surface area contributed by atoms with Crippen LogP contribution < -0.4 is 16.0 Å². The number of thiocarbonyl (C=S) groups is 1. The van der Waals surface area contributed by atoms with Gasteiger partial charge in [-0.15, -0.1) is 0 Å². The van der Waals surface area contributed by atoms with Crippen molar-refractivity contribution in [1.82, 2.24) is 10.6 Å². The van der Waals surface area contributed by atoms with Gasteiger partial charge in [-0.25, -0.2) is 0 Å². The zero-order valence-corrected chi connectivity index (χ0v) is 15.4. The first-order chi connectivity index (χ1) is 11.8. The number of hydrogen-bond acceptors (Lipinski definition) is 5. The summed E-state index contributed by atoms with van der Waals surface area (Å²) < 4.78 is 4.46. The summed E-state index contributed by atoms with van der Waals surface area (Å²) in [6.07, 6.45) is 0.837. The first-order valence-corrected chi connectivity index (χ1v) is 8.35. The van der Waals surface area contributed by atoms with E-state index in [1.54, 1.807) is 24.3 Å². The normalized spacial score (nSPS) is 11.2. The van der Waals surface area contributed by atoms with Crippen LogP contribution in [0.25, 0.3) is 0 Å². The van der Waals surface area contributed by atoms with Gasteiger partial charge in [0, 0.05) is 23.7 Å². The number of benzene rings is 1. The predicted octanol–water partition coefficient (Wildman–Crippen LogP) is 1.98. The van der Waals surface area contributed by atoms with Gasteiger partial charge < -0.3 is 20.7 Å². The standard InChI is InChI=1S/C17H23N3O4S/c1-4-11(2)18-16(23)12-5-7-13(8-6-12)19-17(25)20-14(21)9-10-15(22)24-3/h5-8,11H,4,9-10H2,1-3H3,(H,18,23)(H2,19,20,21,25). The van der Waals surface area contributed by atoms with Gasteiger partial charge in [-0.3, -0.25) is 14.4 Å². The first-order valence-electron chi connectivity index (χ1n) is 7.94. The number of carbonyl (C=O) groups is 3. The van der Waals surface area contributed by atoms with E-state index < -0.39 is 5.97 Å². The van der Waals surface area contributed by atoms with Crippen molar-refractivity contribution in [2.24, 2.45) is 0 Å². The minimum atomic E-state index is -0.458. The molecule has 1 aromatic carbocycles. The molecule has 2 amide bonds. The highest BCUT2D eigenvalue weighted by atomic mass is 32.1. The summed E-state index contributed by atoms with van der Waals surface area (Å²) in [5, 5.41) is 8.31. The fourth-order valence-corrected chi connectivity index (χ4v) is 2.01. The van der Waals surface area contributed by atoms with Crippen LogP contribution in [-0.4, -0.2) is 36.0 Å². The number of hydrogen-bond donors (Lipinski definition) is 3. The molecule has 0 aliphatic rings. The van der Waals surface area contributed by atoms with Gasteiger partial charge in [0.15, 0.2) is 5.11 Å². The minimum Gasteiger partial charge on any atom is -0.469 e. The van der Waals surface area contributed by atoms with Crippen molar-refractivity contribution in [3.63, 3.8) is 0 Å². The van der Waals surface area contributed by atoms with Gasteiger partial charge >= 0.3 is 5.97 Å². The average Bonchev–Trinajstić information content (AvgIpc) is 2.59. The molecule has 0 bridgehead atoms. The molecule has 25 heavy (non-hydrogen) atoms. The molecule has 1 rings (SSSR count). The highest BCUT2D eigenvalue weighted by molar-refractivity contribution is 7.80. The summed E-state index contributed by atoms with van der Waals surface area (Å²) in [6, 6.07) is 6.83. The Morgan fingerprint density at radius 3 is 2.36 bits per heavy atom. The van der Waals surface area contributed by atoms with Crippen LogP contribution in [0.5, 0.6) is 0 Å². The zero-order valence-electron chi connectivity index (χ0n) is 14.5. The van der Waals surface area contributed by atoms with Crippen LogP contribution in [0.2, 0.25) is 0 Å². The molecule has 1 atom stereocenters. The van der Waals surface area contributed by atoms with Crippen LogP contribution in [0.4, 0.5) is 5.69 Å². The van der Waals surface area contributed by atoms with Gasteiger partial charge in [0.05, 0.1) is 13.5 Å². The quantitative estimate of drug-likeness (QED) is 0.505. The maximum Gasteiger partial charge on any atom is 0.306 e. The second kappa shape index (κ2) is 10.4. The largest absolute Gasteiger partial charge is 0.469 e. The van der Waals surface area contributed by atoms with E-state index in [0.717, 1.165) is 6.42 Å². The van der Waals surface area contributed by atoms with E-state index >= 15 is 0 Å². The van der Waals surface area contributed by atoms with Gasteiger partial charge in [-0.2, -0.15) is 0 Å². The maximum atomic E-state index is 12.0. The molecule has 0 saturated heterocycles. The van der Waals surface area contributed by atoms with Gasteiger partial charge in [-0.05, 0) is 49.8 Å². The fourth-order valence-electron chi connectivity index (χ4n) is 1.78. The number of ether oxygens (including phenoxy) is 1. The molecule has 8 heteroatoms. The Morgan fingerprint density at radius 2 is 1.80 bits per heavy atom. The highest BCUT2D eigenvalue weighted by Crippen LogP contribution is 2.10. The maximum absolute atomic E-state index is 12.0. The van der Waals surface area contributed by atoms with Gasteiger partial charge in [-0.1, -0.05) is 6.92 Å². The summed E-state index contributed by atoms with van der Waals surface area (Å²) in [5.41, 5.74) is 1.18. The number of rotatable bonds is 7. The molecule has 0 heterocycles. The molecule has 0 aromatic heterocycles. The van der Waals surface area contributed by atoms with Crippen LogP contribution in [0.3, 0.4) is 0 Å². The summed E-state index contributed by atoms with van der Waals surface area (Å²) in [5.74, 6) is -0.979. The van der Waals surface area contributed by atoms with Crippen molar-refractivity contribution in [2.45, 2.75) is 39.2 Å². The molecule has 0 radical (unpaired) electrons. The molecular formula is C17H23N3O4S. The monoisotopic (exact) mass is 365 g/mol. The van der Waals surface area contributed by atoms with Crippen molar-refractivity contribution in [1.29, 1.82) is 0 Å². The summed E-state index contributed by atoms with van der Waals surface area (Å²) in [7, 11) is 1.26. The van der Waals surface area contributed by atoms with Gasteiger partial charge in [0.25, 0.3) is 5.91 Å². The number of carbonyl (C=O) groups excluding carboxylic acids is 3. The van der Waals surface area contributed by atoms with E-state index in [9.17, 15) is 14.4 Å². The number of nitrogens with one attached hydrogen (secondary N) is 3. The van der Waals surface area contributed by atoms with Crippen LogP contribution in [0.15, 0.2) is 24.3 Å². The third kappa shape index (κ3) is 7.75. The second-order valence-electron chi connectivity index (χ2n) is 5.44. The molecule has 3 N–H and O–H groups in total. The van der Waals surface area contributed by atoms with Gasteiger partial charge in [0.2, 0.25) is 5.91 Å². The van der Waals surface area contributed by atoms with Crippen molar-refractivity contribution in [2.75, 3.05) is 12.4 Å². The molecule has 0 spiro atoms. The SMILES string of the molecule is CCC(C)NC(=O)c1ccc(NC(=S)NC(=O)CCC(=O)OC)cc1. The Balaban J connectivity index is 2.49. The van der Waals surface area contributed by atoms with Crippen molar-refractivity contribution in [3.05, 3.63) is 29.8 Å². The summed E-state index contributed by atoms with van der Waals surface area (Å²) >= 11 is 5.04. The lowest BCUT2D eigenvalue weighted by Crippen LogP contribution is -2.34. The first kappa shape index (κ1) is 20.6. The van der Waals surface area contributed by atoms with E-state index in [0.29, 0.717) is 11.3 Å². The molecule has 1 unspecified atom stereocenters. The molecule has 0 aliphatic heterocycles. The molecule has 1 aromatic rings. The van der Waals surface area contributed by atoms with Crippen LogP contribution in [0, 0.1) is 0 Å². The van der Waals surface area contributed by atoms with E-state index in [4.69, 9.17) is 12.2 Å². The zero-order chi connectivity index (χ0) is 18.8. The lowest BCUT2D eigenvalue weighted by atomic mass is 10.1. The van der Waals surface area contributed by atoms with Crippen molar-refractivity contribution in [3.8, 4) is 0 Å². The van der Waals surface area contributed by atoms with E-state index in [1.165, 1.54) is 7.11 Å². The molecule has 0 saturated carbocycles. The Labute approximate surface area is 152 Å². The van der Waals surface area contributed by atoms with Crippen LogP contribution >= 0.6 is 12.2 Å². The number of anilines is 1. The Bertz CT molecular complexity index is 631. The topological polar surface area (TPSA) is 96.5 Å². The highest BCUT2D eigenvalue weighted by Gasteiger charge is 2.10. The summed E-state index contributed by atoms with van der Waals surface area (Å²) in [6.45, 7) is 3.94. The lowest BCUT2D eigenvalue weighted by Gasteiger charge is -2.12. The Morgan fingerprint density at radius 1 is 1.16 bits per heavy atom. The second-order valence-corrected chi connectivity index (χ2v) is 5.85. The van der Waals surface area contributed by atoms with E-state index in [2.05, 4.69) is 20.7 Å². The molecule has 136 valence electrons. The number of esters is 1. The van der Waals surface area contributed by atoms with E-state index in [-0.39, 0.29) is 35.8 Å². The molecule has 0 fully saturated rings. The Kier molecular flexibility index (Phi) is 8.55. The minimum absolute atomic E-state index is 0.00899. The van der Waals surface area contributed by atoms with Gasteiger partial charge in [0.1, 0.15) is 0 Å². The summed E-state index contributed by atoms with van der Waals surface area (Å²) in [4.78, 5) is 34.6. The predicted molar refractivity (Wildman–Crippen MR) is 99.3 cm³/mol. The number of methoxy groups -OCH3 is 1. The van der Waals surface area contributed by atoms with Crippen molar-refractivity contribution >= 4 is 40.8 Å². The van der Waals surface area contributed by atoms with Crippen molar-refractivity contribution < 1.29 is 19.1 Å². The smallest absolute Gasteiger partial charge is 0.306 e. The average molecular weight is 365 g/mol. The lowest BCUT2D eigenvalue weighted by molar-refractivity contribution is -0.142. The third-order valence-electron chi connectivity index (χ3n) is 3.43. The number of amides is 2. The third-order valence-corrected chi connectivity index (χ3v) is 3.64. The molecule has 7 nitrogen and oxygen atoms in total. The Hall–Kier alpha value is -2.48. The fraction of sp³-hybridized carbons (Fsp3) is 0.412. The van der Waals surface area contributed by atoms with E-state index in [1.807, 2.05) is 13.8 Å².